The molecule has 0 saturated heterocycles. The molecule has 11 heteroatoms. The highest BCUT2D eigenvalue weighted by atomic mass is 79.9. The zero-order valence-electron chi connectivity index (χ0n) is 23.6. The molecule has 1 N–H and O–H groups in total. The fraction of sp³-hybridized carbons (Fsp3) is 0.355. The second kappa shape index (κ2) is 14.4. The quantitative estimate of drug-likeness (QED) is 0.271. The van der Waals surface area contributed by atoms with E-state index in [1.54, 1.807) is 12.1 Å². The predicted octanol–water partition coefficient (Wildman–Crippen LogP) is 5.58. The van der Waals surface area contributed by atoms with Crippen molar-refractivity contribution >= 4 is 55.1 Å². The maximum atomic E-state index is 14.3. The molecular weight excluding hydrogens is 642 g/mol. The molecular formula is C31H35BrClN3O5S. The van der Waals surface area contributed by atoms with Gasteiger partial charge in [-0.3, -0.25) is 13.9 Å². The summed E-state index contributed by atoms with van der Waals surface area (Å²) in [7, 11) is -2.55. The molecule has 0 aromatic heterocycles. The first kappa shape index (κ1) is 31.8. The highest BCUT2D eigenvalue weighted by Crippen LogP contribution is 2.33. The molecule has 1 saturated carbocycles. The second-order valence-electron chi connectivity index (χ2n) is 10.4. The Labute approximate surface area is 261 Å². The van der Waals surface area contributed by atoms with E-state index in [-0.39, 0.29) is 41.4 Å². The molecule has 0 radical (unpaired) electrons. The minimum Gasteiger partial charge on any atom is -0.495 e. The third-order valence-corrected chi connectivity index (χ3v) is 9.16. The zero-order valence-corrected chi connectivity index (χ0v) is 26.8. The lowest BCUT2D eigenvalue weighted by Crippen LogP contribution is -2.54. The number of hydrogen-bond acceptors (Lipinski definition) is 5. The van der Waals surface area contributed by atoms with E-state index in [0.29, 0.717) is 0 Å². The summed E-state index contributed by atoms with van der Waals surface area (Å²) in [6, 6.07) is 20.7. The van der Waals surface area contributed by atoms with Crippen molar-refractivity contribution in [3.05, 3.63) is 93.4 Å². The summed E-state index contributed by atoms with van der Waals surface area (Å²) in [5, 5.41) is 3.45. The highest BCUT2D eigenvalue weighted by Gasteiger charge is 2.35. The van der Waals surface area contributed by atoms with Gasteiger partial charge in [-0.15, -0.1) is 0 Å². The second-order valence-corrected chi connectivity index (χ2v) is 13.7. The molecule has 224 valence electrons. The van der Waals surface area contributed by atoms with Gasteiger partial charge in [-0.2, -0.15) is 0 Å². The van der Waals surface area contributed by atoms with Crippen molar-refractivity contribution in [1.29, 1.82) is 0 Å². The molecule has 0 unspecified atom stereocenters. The number of methoxy groups -OCH3 is 1. The molecule has 1 aliphatic rings. The molecule has 1 aliphatic carbocycles. The van der Waals surface area contributed by atoms with Crippen LogP contribution in [0.15, 0.2) is 77.3 Å². The molecule has 8 nitrogen and oxygen atoms in total. The van der Waals surface area contributed by atoms with Gasteiger partial charge in [0.05, 0.1) is 19.1 Å². The normalized spacial score (nSPS) is 14.3. The summed E-state index contributed by atoms with van der Waals surface area (Å²) in [6.45, 7) is -0.455. The number of amides is 2. The van der Waals surface area contributed by atoms with Crippen molar-refractivity contribution in [2.75, 3.05) is 24.2 Å². The number of nitrogens with one attached hydrogen (secondary N) is 1. The lowest BCUT2D eigenvalue weighted by atomic mass is 10.0. The number of carbonyl (C=O) groups is 2. The minimum atomic E-state index is -3.96. The van der Waals surface area contributed by atoms with Gasteiger partial charge in [0, 0.05) is 28.5 Å². The van der Waals surface area contributed by atoms with Crippen molar-refractivity contribution < 1.29 is 22.7 Å². The number of ether oxygens (including phenoxy) is 1. The van der Waals surface area contributed by atoms with Crippen LogP contribution in [0.25, 0.3) is 0 Å². The van der Waals surface area contributed by atoms with Crippen molar-refractivity contribution in [3.8, 4) is 5.75 Å². The first-order valence-electron chi connectivity index (χ1n) is 13.7. The van der Waals surface area contributed by atoms with Crippen molar-refractivity contribution in [2.45, 2.75) is 50.7 Å². The molecule has 0 bridgehead atoms. The Balaban J connectivity index is 1.76. The number of carbonyl (C=O) groups excluding carboxylic acids is 2. The fourth-order valence-electron chi connectivity index (χ4n) is 5.21. The van der Waals surface area contributed by atoms with Gasteiger partial charge in [0.2, 0.25) is 21.8 Å². The van der Waals surface area contributed by atoms with Crippen LogP contribution in [0.5, 0.6) is 5.75 Å². The van der Waals surface area contributed by atoms with Gasteiger partial charge in [0.25, 0.3) is 0 Å². The lowest BCUT2D eigenvalue weighted by Gasteiger charge is -2.34. The maximum absolute atomic E-state index is 14.3. The Morgan fingerprint density at radius 1 is 1.02 bits per heavy atom. The minimum absolute atomic E-state index is 0.0434. The largest absolute Gasteiger partial charge is 0.495 e. The third kappa shape index (κ3) is 8.49. The highest BCUT2D eigenvalue weighted by molar-refractivity contribution is 9.10. The standard InChI is InChI=1S/C31H35BrClN3O5S/c1-41-29-16-15-25(33)19-27(29)36(42(2,39)40)21-30(37)35(20-23-11-8-12-24(32)17-23)28(18-22-9-4-3-5-10-22)31(38)34-26-13-6-7-14-26/h3-5,8-12,15-17,19,26,28H,6-7,13-14,18,20-21H2,1-2H3,(H,34,38)/t28-/m1/s1. The van der Waals surface area contributed by atoms with E-state index in [4.69, 9.17) is 16.3 Å². The average Bonchev–Trinajstić information content (AvgIpc) is 3.46. The summed E-state index contributed by atoms with van der Waals surface area (Å²) in [6.07, 6.45) is 5.14. The van der Waals surface area contributed by atoms with Crippen LogP contribution in [-0.2, 0) is 32.6 Å². The van der Waals surface area contributed by atoms with Crippen LogP contribution >= 0.6 is 27.5 Å². The van der Waals surface area contributed by atoms with Crippen LogP contribution in [0.2, 0.25) is 5.02 Å². The van der Waals surface area contributed by atoms with E-state index < -0.39 is 28.5 Å². The van der Waals surface area contributed by atoms with Gasteiger partial charge in [-0.25, -0.2) is 8.42 Å². The van der Waals surface area contributed by atoms with E-state index in [9.17, 15) is 18.0 Å². The number of rotatable bonds is 12. The van der Waals surface area contributed by atoms with Crippen LogP contribution in [0.3, 0.4) is 0 Å². The lowest BCUT2D eigenvalue weighted by molar-refractivity contribution is -0.140. The monoisotopic (exact) mass is 675 g/mol. The first-order valence-corrected chi connectivity index (χ1v) is 16.8. The summed E-state index contributed by atoms with van der Waals surface area (Å²) < 4.78 is 33.3. The van der Waals surface area contributed by atoms with Crippen molar-refractivity contribution in [2.24, 2.45) is 0 Å². The van der Waals surface area contributed by atoms with Gasteiger partial charge in [0.15, 0.2) is 0 Å². The van der Waals surface area contributed by atoms with Crippen LogP contribution in [0, 0.1) is 0 Å². The number of nitrogens with zero attached hydrogens (tertiary/aromatic N) is 2. The number of halogens is 2. The van der Waals surface area contributed by atoms with Crippen LogP contribution in [0.1, 0.15) is 36.8 Å². The molecule has 0 heterocycles. The summed E-state index contributed by atoms with van der Waals surface area (Å²) >= 11 is 9.71. The molecule has 3 aromatic carbocycles. The maximum Gasteiger partial charge on any atom is 0.244 e. The van der Waals surface area contributed by atoms with Gasteiger partial charge in [0.1, 0.15) is 18.3 Å². The molecule has 0 spiro atoms. The Morgan fingerprint density at radius 2 is 1.71 bits per heavy atom. The molecule has 1 atom stereocenters. The predicted molar refractivity (Wildman–Crippen MR) is 169 cm³/mol. The molecule has 0 aliphatic heterocycles. The summed E-state index contributed by atoms with van der Waals surface area (Å²) in [5.74, 6) is -0.554. The average molecular weight is 677 g/mol. The number of anilines is 1. The zero-order chi connectivity index (χ0) is 30.3. The van der Waals surface area contributed by atoms with Gasteiger partial charge < -0.3 is 15.0 Å². The number of sulfonamides is 1. The third-order valence-electron chi connectivity index (χ3n) is 7.30. The van der Waals surface area contributed by atoms with E-state index in [0.717, 1.165) is 51.8 Å². The van der Waals surface area contributed by atoms with Crippen molar-refractivity contribution in [1.82, 2.24) is 10.2 Å². The first-order chi connectivity index (χ1) is 20.0. The van der Waals surface area contributed by atoms with E-state index in [2.05, 4.69) is 21.2 Å². The van der Waals surface area contributed by atoms with Gasteiger partial charge in [-0.05, 0) is 54.3 Å². The molecule has 2 amide bonds. The molecule has 42 heavy (non-hydrogen) atoms. The molecule has 4 rings (SSSR count). The van der Waals surface area contributed by atoms with E-state index >= 15 is 0 Å². The summed E-state index contributed by atoms with van der Waals surface area (Å²) in [4.78, 5) is 29.7. The SMILES string of the molecule is COc1ccc(Cl)cc1N(CC(=O)N(Cc1cccc(Br)c1)[C@H](Cc1ccccc1)C(=O)NC1CCCC1)S(C)(=O)=O. The summed E-state index contributed by atoms with van der Waals surface area (Å²) in [5.41, 5.74) is 1.81. The Bertz CT molecular complexity index is 1500. The van der Waals surface area contributed by atoms with E-state index in [1.807, 2.05) is 54.6 Å². The van der Waals surface area contributed by atoms with Crippen molar-refractivity contribution in [3.63, 3.8) is 0 Å². The Kier molecular flexibility index (Phi) is 10.9. The smallest absolute Gasteiger partial charge is 0.244 e. The Hall–Kier alpha value is -3.08. The number of benzene rings is 3. The number of hydrogen-bond donors (Lipinski definition) is 1. The Morgan fingerprint density at radius 3 is 2.36 bits per heavy atom. The fourth-order valence-corrected chi connectivity index (χ4v) is 6.66. The molecule has 1 fully saturated rings. The topological polar surface area (TPSA) is 96.0 Å². The van der Waals surface area contributed by atoms with Crippen LogP contribution < -0.4 is 14.4 Å². The van der Waals surface area contributed by atoms with Crippen LogP contribution in [-0.4, -0.2) is 57.1 Å². The van der Waals surface area contributed by atoms with E-state index in [1.165, 1.54) is 18.1 Å². The molecule has 3 aromatic rings. The van der Waals surface area contributed by atoms with Crippen LogP contribution in [0.4, 0.5) is 5.69 Å². The van der Waals surface area contributed by atoms with Gasteiger partial charge in [-0.1, -0.05) is 82.8 Å². The van der Waals surface area contributed by atoms with Gasteiger partial charge >= 0.3 is 0 Å².